The van der Waals surface area contributed by atoms with Crippen LogP contribution in [0.3, 0.4) is 0 Å². The van der Waals surface area contributed by atoms with E-state index in [1.54, 1.807) is 24.3 Å². The van der Waals surface area contributed by atoms with Gasteiger partial charge in [-0.25, -0.2) is 0 Å². The third kappa shape index (κ3) is 6.28. The van der Waals surface area contributed by atoms with Crippen LogP contribution in [0.15, 0.2) is 36.4 Å². The fourth-order valence-corrected chi connectivity index (χ4v) is 4.57. The normalized spacial score (nSPS) is 20.2. The maximum atomic E-state index is 12.7. The molecule has 0 saturated carbocycles. The second-order valence-electron chi connectivity index (χ2n) is 8.84. The fraction of sp³-hybridized carbons (Fsp3) is 0.577. The van der Waals surface area contributed by atoms with Crippen LogP contribution < -0.4 is 10.2 Å². The Morgan fingerprint density at radius 2 is 1.35 bits per heavy atom. The number of carbonyl (C=O) groups is 3. The van der Waals surface area contributed by atoms with E-state index in [4.69, 9.17) is 0 Å². The largest absolute Gasteiger partial charge is 0.326 e. The van der Waals surface area contributed by atoms with Crippen molar-refractivity contribution in [1.29, 1.82) is 0 Å². The Kier molecular flexibility index (Phi) is 8.86. The Labute approximate surface area is 186 Å². The van der Waals surface area contributed by atoms with Crippen LogP contribution in [-0.4, -0.2) is 17.7 Å². The van der Waals surface area contributed by atoms with Crippen LogP contribution in [0.25, 0.3) is 0 Å². The third-order valence-electron chi connectivity index (χ3n) is 6.42. The molecule has 0 unspecified atom stereocenters. The molecule has 1 saturated heterocycles. The summed E-state index contributed by atoms with van der Waals surface area (Å²) in [6, 6.07) is 7.03. The Bertz CT molecular complexity index is 758. The van der Waals surface area contributed by atoms with Crippen molar-refractivity contribution < 1.29 is 14.4 Å². The molecule has 5 nitrogen and oxygen atoms in total. The lowest BCUT2D eigenvalue weighted by atomic mass is 9.85. The molecule has 2 aliphatic rings. The lowest BCUT2D eigenvalue weighted by molar-refractivity contribution is -0.122. The predicted octanol–water partition coefficient (Wildman–Crippen LogP) is 6.00. The van der Waals surface area contributed by atoms with Gasteiger partial charge in [-0.3, -0.25) is 19.3 Å². The van der Waals surface area contributed by atoms with Gasteiger partial charge in [0.25, 0.3) is 0 Å². The first-order chi connectivity index (χ1) is 15.1. The van der Waals surface area contributed by atoms with Crippen molar-refractivity contribution in [3.05, 3.63) is 36.4 Å². The molecular formula is C26H36N2O3. The molecule has 1 heterocycles. The molecule has 0 spiro atoms. The molecule has 1 aliphatic heterocycles. The zero-order valence-corrected chi connectivity index (χ0v) is 18.8. The molecule has 1 aliphatic carbocycles. The summed E-state index contributed by atoms with van der Waals surface area (Å²) in [6.07, 6.45) is 16.8. The summed E-state index contributed by atoms with van der Waals surface area (Å²) in [5.74, 6) is -0.662. The van der Waals surface area contributed by atoms with Gasteiger partial charge < -0.3 is 5.32 Å². The van der Waals surface area contributed by atoms with Crippen LogP contribution in [0.4, 0.5) is 11.4 Å². The first-order valence-corrected chi connectivity index (χ1v) is 12.0. The van der Waals surface area contributed by atoms with E-state index >= 15 is 0 Å². The Morgan fingerprint density at radius 1 is 0.839 bits per heavy atom. The number of hydrogen-bond acceptors (Lipinski definition) is 3. The van der Waals surface area contributed by atoms with Gasteiger partial charge in [0, 0.05) is 12.1 Å². The van der Waals surface area contributed by atoms with E-state index in [0.29, 0.717) is 30.6 Å². The second-order valence-corrected chi connectivity index (χ2v) is 8.84. The summed E-state index contributed by atoms with van der Waals surface area (Å²) < 4.78 is 0. The molecule has 3 amide bonds. The van der Waals surface area contributed by atoms with Crippen molar-refractivity contribution >= 4 is 29.1 Å². The molecule has 2 atom stereocenters. The predicted molar refractivity (Wildman–Crippen MR) is 125 cm³/mol. The summed E-state index contributed by atoms with van der Waals surface area (Å²) in [5, 5.41) is 2.92. The number of unbranched alkanes of at least 4 members (excludes halogenated alkanes) is 8. The molecule has 168 valence electrons. The maximum absolute atomic E-state index is 12.7. The van der Waals surface area contributed by atoms with E-state index in [9.17, 15) is 14.4 Å². The highest BCUT2D eigenvalue weighted by molar-refractivity contribution is 6.22. The van der Waals surface area contributed by atoms with Crippen LogP contribution in [0.5, 0.6) is 0 Å². The first kappa shape index (κ1) is 23.2. The van der Waals surface area contributed by atoms with Crippen LogP contribution >= 0.6 is 0 Å². The van der Waals surface area contributed by atoms with E-state index in [-0.39, 0.29) is 29.6 Å². The Morgan fingerprint density at radius 3 is 1.90 bits per heavy atom. The van der Waals surface area contributed by atoms with E-state index < -0.39 is 0 Å². The number of nitrogens with zero attached hydrogens (tertiary/aromatic N) is 1. The molecule has 0 radical (unpaired) electrons. The van der Waals surface area contributed by atoms with Crippen LogP contribution in [0.1, 0.15) is 84.0 Å². The highest BCUT2D eigenvalue weighted by Crippen LogP contribution is 2.37. The molecule has 1 N–H and O–H groups in total. The van der Waals surface area contributed by atoms with Crippen molar-refractivity contribution in [2.24, 2.45) is 11.8 Å². The maximum Gasteiger partial charge on any atom is 0.238 e. The molecule has 5 heteroatoms. The van der Waals surface area contributed by atoms with Gasteiger partial charge in [-0.1, -0.05) is 70.4 Å². The molecule has 0 bridgehead atoms. The minimum atomic E-state index is -0.229. The Balaban J connectivity index is 1.38. The number of allylic oxidation sites excluding steroid dienone is 2. The summed E-state index contributed by atoms with van der Waals surface area (Å²) in [5.41, 5.74) is 1.28. The fourth-order valence-electron chi connectivity index (χ4n) is 4.57. The lowest BCUT2D eigenvalue weighted by Gasteiger charge is -2.15. The van der Waals surface area contributed by atoms with Crippen molar-refractivity contribution in [2.45, 2.75) is 84.0 Å². The SMILES string of the molecule is CCCCCCCCCCCC(=O)Nc1ccc(N2C(=O)[C@H]3CC=CC[C@H]3C2=O)cc1. The van der Waals surface area contributed by atoms with Gasteiger partial charge in [0.05, 0.1) is 17.5 Å². The van der Waals surface area contributed by atoms with Gasteiger partial charge in [-0.05, 0) is 43.5 Å². The molecule has 3 rings (SSSR count). The summed E-state index contributed by atoms with van der Waals surface area (Å²) in [6.45, 7) is 2.23. The highest BCUT2D eigenvalue weighted by atomic mass is 16.2. The van der Waals surface area contributed by atoms with E-state index in [0.717, 1.165) is 12.8 Å². The molecule has 1 aromatic carbocycles. The number of benzene rings is 1. The summed E-state index contributed by atoms with van der Waals surface area (Å²) >= 11 is 0. The molecule has 0 aromatic heterocycles. The number of nitrogens with one attached hydrogen (secondary N) is 1. The van der Waals surface area contributed by atoms with Gasteiger partial charge in [0.15, 0.2) is 0 Å². The Hall–Kier alpha value is -2.43. The smallest absolute Gasteiger partial charge is 0.238 e. The van der Waals surface area contributed by atoms with Crippen LogP contribution in [0, 0.1) is 11.8 Å². The quantitative estimate of drug-likeness (QED) is 0.254. The van der Waals surface area contributed by atoms with E-state index in [1.807, 2.05) is 12.2 Å². The topological polar surface area (TPSA) is 66.5 Å². The number of imide groups is 1. The number of hydrogen-bond donors (Lipinski definition) is 1. The zero-order chi connectivity index (χ0) is 22.1. The van der Waals surface area contributed by atoms with Crippen molar-refractivity contribution in [3.63, 3.8) is 0 Å². The lowest BCUT2D eigenvalue weighted by Crippen LogP contribution is -2.30. The van der Waals surface area contributed by atoms with Crippen molar-refractivity contribution in [1.82, 2.24) is 0 Å². The minimum Gasteiger partial charge on any atom is -0.326 e. The number of rotatable bonds is 12. The number of anilines is 2. The molecular weight excluding hydrogens is 388 g/mol. The third-order valence-corrected chi connectivity index (χ3v) is 6.42. The molecule has 1 fully saturated rings. The summed E-state index contributed by atoms with van der Waals surface area (Å²) in [4.78, 5) is 38.9. The standard InChI is InChI=1S/C26H36N2O3/c1-2-3-4-5-6-7-8-9-10-15-24(29)27-20-16-18-21(19-17-20)28-25(30)22-13-11-12-14-23(22)26(28)31/h11-12,16-19,22-23H,2-10,13-15H2,1H3,(H,27,29)/t22-,23+. The molecule has 31 heavy (non-hydrogen) atoms. The average Bonchev–Trinajstić information content (AvgIpc) is 3.04. The van der Waals surface area contributed by atoms with Gasteiger partial charge in [0.2, 0.25) is 17.7 Å². The number of fused-ring (bicyclic) bond motifs is 1. The highest BCUT2D eigenvalue weighted by Gasteiger charge is 2.47. The van der Waals surface area contributed by atoms with E-state index in [1.165, 1.54) is 49.8 Å². The number of carbonyl (C=O) groups excluding carboxylic acids is 3. The van der Waals surface area contributed by atoms with Crippen LogP contribution in [0.2, 0.25) is 0 Å². The monoisotopic (exact) mass is 424 g/mol. The van der Waals surface area contributed by atoms with Crippen molar-refractivity contribution in [3.8, 4) is 0 Å². The van der Waals surface area contributed by atoms with Gasteiger partial charge in [-0.2, -0.15) is 0 Å². The van der Waals surface area contributed by atoms with Crippen LogP contribution in [-0.2, 0) is 14.4 Å². The second kappa shape index (κ2) is 11.8. The van der Waals surface area contributed by atoms with Crippen molar-refractivity contribution in [2.75, 3.05) is 10.2 Å². The zero-order valence-electron chi connectivity index (χ0n) is 18.8. The summed E-state index contributed by atoms with van der Waals surface area (Å²) in [7, 11) is 0. The first-order valence-electron chi connectivity index (χ1n) is 12.0. The van der Waals surface area contributed by atoms with Gasteiger partial charge in [-0.15, -0.1) is 0 Å². The molecule has 1 aromatic rings. The van der Waals surface area contributed by atoms with Gasteiger partial charge in [0.1, 0.15) is 0 Å². The number of amides is 3. The van der Waals surface area contributed by atoms with E-state index in [2.05, 4.69) is 12.2 Å². The minimum absolute atomic E-state index is 0.0149. The average molecular weight is 425 g/mol. The van der Waals surface area contributed by atoms with Gasteiger partial charge >= 0.3 is 0 Å².